The number of pyridine rings is 2. The first kappa shape index (κ1) is 20.8. The predicted molar refractivity (Wildman–Crippen MR) is 125 cm³/mol. The Labute approximate surface area is 183 Å². The van der Waals surface area contributed by atoms with Crippen LogP contribution < -0.4 is 10.1 Å². The van der Waals surface area contributed by atoms with Crippen LogP contribution in [0.15, 0.2) is 60.9 Å². The Morgan fingerprint density at radius 2 is 1.90 bits per heavy atom. The van der Waals surface area contributed by atoms with Crippen molar-refractivity contribution >= 4 is 16.6 Å². The van der Waals surface area contributed by atoms with E-state index in [1.807, 2.05) is 49.6 Å². The molecule has 2 unspecified atom stereocenters. The van der Waals surface area contributed by atoms with E-state index in [0.717, 1.165) is 28.0 Å². The number of fused-ring (bicyclic) bond motifs is 1. The summed E-state index contributed by atoms with van der Waals surface area (Å²) in [6.45, 7) is 9.63. The molecule has 0 spiro atoms. The number of rotatable bonds is 8. The van der Waals surface area contributed by atoms with E-state index in [-0.39, 0.29) is 12.0 Å². The van der Waals surface area contributed by atoms with Gasteiger partial charge < -0.3 is 10.1 Å². The normalized spacial score (nSPS) is 13.2. The van der Waals surface area contributed by atoms with E-state index in [2.05, 4.69) is 58.9 Å². The first-order valence-corrected chi connectivity index (χ1v) is 10.8. The number of ether oxygens (including phenoxy) is 1. The highest BCUT2D eigenvalue weighted by Crippen LogP contribution is 2.32. The second kappa shape index (κ2) is 9.16. The molecule has 6 nitrogen and oxygen atoms in total. The molecule has 0 aliphatic carbocycles. The third-order valence-corrected chi connectivity index (χ3v) is 5.73. The van der Waals surface area contributed by atoms with Gasteiger partial charge in [-0.3, -0.25) is 14.6 Å². The van der Waals surface area contributed by atoms with Gasteiger partial charge in [-0.2, -0.15) is 0 Å². The molecule has 0 aliphatic rings. The summed E-state index contributed by atoms with van der Waals surface area (Å²) in [5.74, 6) is 0.857. The van der Waals surface area contributed by atoms with E-state index in [1.165, 1.54) is 5.56 Å². The van der Waals surface area contributed by atoms with Crippen LogP contribution in [-0.2, 0) is 0 Å². The van der Waals surface area contributed by atoms with E-state index in [4.69, 9.17) is 9.84 Å². The summed E-state index contributed by atoms with van der Waals surface area (Å²) in [7, 11) is 0. The van der Waals surface area contributed by atoms with E-state index >= 15 is 0 Å². The molecule has 0 saturated heterocycles. The van der Waals surface area contributed by atoms with Crippen molar-refractivity contribution in [2.24, 2.45) is 0 Å². The summed E-state index contributed by atoms with van der Waals surface area (Å²) in [5, 5.41) is 9.47. The maximum Gasteiger partial charge on any atom is 0.232 e. The molecular weight excluding hydrogens is 386 g/mol. The topological polar surface area (TPSA) is 64.9 Å². The number of anilines is 1. The van der Waals surface area contributed by atoms with E-state index in [0.29, 0.717) is 19.0 Å². The maximum absolute atomic E-state index is 5.66. The Morgan fingerprint density at radius 3 is 2.71 bits per heavy atom. The zero-order valence-corrected chi connectivity index (χ0v) is 18.5. The van der Waals surface area contributed by atoms with Crippen molar-refractivity contribution in [1.29, 1.82) is 0 Å². The Kier molecular flexibility index (Phi) is 6.16. The van der Waals surface area contributed by atoms with Crippen molar-refractivity contribution < 1.29 is 4.74 Å². The molecule has 3 aromatic heterocycles. The summed E-state index contributed by atoms with van der Waals surface area (Å²) in [6, 6.07) is 16.5. The Hall–Kier alpha value is -3.41. The number of benzene rings is 1. The molecule has 0 bridgehead atoms. The Bertz CT molecular complexity index is 1170. The lowest BCUT2D eigenvalue weighted by Gasteiger charge is -2.27. The molecule has 160 valence electrons. The molecular formula is C25H29N5O. The smallest absolute Gasteiger partial charge is 0.232 e. The largest absolute Gasteiger partial charge is 0.477 e. The van der Waals surface area contributed by atoms with Crippen LogP contribution in [0.3, 0.4) is 0 Å². The molecule has 0 aliphatic heterocycles. The number of hydrogen-bond donors (Lipinski definition) is 1. The molecule has 0 saturated carbocycles. The van der Waals surface area contributed by atoms with Gasteiger partial charge in [-0.25, -0.2) is 0 Å². The molecule has 1 N–H and O–H groups in total. The molecule has 31 heavy (non-hydrogen) atoms. The van der Waals surface area contributed by atoms with Crippen molar-refractivity contribution in [3.63, 3.8) is 0 Å². The second-order valence-corrected chi connectivity index (χ2v) is 7.83. The van der Waals surface area contributed by atoms with Crippen LogP contribution in [0.5, 0.6) is 5.88 Å². The highest BCUT2D eigenvalue weighted by atomic mass is 16.5. The number of para-hydroxylation sites is 1. The zero-order valence-electron chi connectivity index (χ0n) is 18.5. The van der Waals surface area contributed by atoms with Gasteiger partial charge in [0.2, 0.25) is 5.88 Å². The third-order valence-electron chi connectivity index (χ3n) is 5.73. The molecule has 0 amide bonds. The van der Waals surface area contributed by atoms with Gasteiger partial charge in [0.05, 0.1) is 30.0 Å². The van der Waals surface area contributed by atoms with Gasteiger partial charge in [0.1, 0.15) is 0 Å². The molecule has 1 aromatic carbocycles. The number of aryl methyl sites for hydroxylation is 2. The van der Waals surface area contributed by atoms with Gasteiger partial charge >= 0.3 is 0 Å². The van der Waals surface area contributed by atoms with Gasteiger partial charge in [0.15, 0.2) is 0 Å². The van der Waals surface area contributed by atoms with Crippen molar-refractivity contribution in [2.75, 3.05) is 18.5 Å². The summed E-state index contributed by atoms with van der Waals surface area (Å²) in [5.41, 5.74) is 5.32. The summed E-state index contributed by atoms with van der Waals surface area (Å²) in [4.78, 5) is 9.08. The van der Waals surface area contributed by atoms with Crippen molar-refractivity contribution in [2.45, 2.75) is 39.7 Å². The van der Waals surface area contributed by atoms with Crippen LogP contribution in [0, 0.1) is 13.8 Å². The highest BCUT2D eigenvalue weighted by molar-refractivity contribution is 5.81. The van der Waals surface area contributed by atoms with E-state index in [1.54, 1.807) is 0 Å². The van der Waals surface area contributed by atoms with Crippen LogP contribution >= 0.6 is 0 Å². The molecule has 0 radical (unpaired) electrons. The van der Waals surface area contributed by atoms with Gasteiger partial charge in [-0.1, -0.05) is 31.2 Å². The summed E-state index contributed by atoms with van der Waals surface area (Å²) in [6.07, 6.45) is 3.73. The molecule has 4 aromatic rings. The molecule has 2 atom stereocenters. The van der Waals surface area contributed by atoms with E-state index < -0.39 is 0 Å². The average molecular weight is 416 g/mol. The fourth-order valence-corrected chi connectivity index (χ4v) is 4.06. The Morgan fingerprint density at radius 1 is 1.06 bits per heavy atom. The minimum absolute atomic E-state index is 0.0728. The minimum Gasteiger partial charge on any atom is -0.477 e. The van der Waals surface area contributed by atoms with Crippen molar-refractivity contribution in [3.05, 3.63) is 77.9 Å². The lowest BCUT2D eigenvalue weighted by atomic mass is 9.92. The van der Waals surface area contributed by atoms with Crippen LogP contribution in [0.2, 0.25) is 0 Å². The quantitative estimate of drug-likeness (QED) is 0.423. The minimum atomic E-state index is 0.0728. The third kappa shape index (κ3) is 4.53. The van der Waals surface area contributed by atoms with Crippen LogP contribution in [-0.4, -0.2) is 32.9 Å². The number of nitrogens with one attached hydrogen (secondary N) is 1. The average Bonchev–Trinajstić information content (AvgIpc) is 3.14. The monoisotopic (exact) mass is 415 g/mol. The maximum atomic E-state index is 5.66. The van der Waals surface area contributed by atoms with E-state index in [9.17, 15) is 0 Å². The fourth-order valence-electron chi connectivity index (χ4n) is 4.06. The highest BCUT2D eigenvalue weighted by Gasteiger charge is 2.25. The number of nitrogens with zero attached hydrogens (tertiary/aromatic N) is 4. The molecule has 3 heterocycles. The van der Waals surface area contributed by atoms with Gasteiger partial charge in [-0.05, 0) is 44.5 Å². The summed E-state index contributed by atoms with van der Waals surface area (Å²) < 4.78 is 7.74. The molecule has 0 fully saturated rings. The Balaban J connectivity index is 1.65. The molecule has 4 rings (SSSR count). The second-order valence-electron chi connectivity index (χ2n) is 7.83. The lowest BCUT2D eigenvalue weighted by molar-refractivity contribution is 0.312. The van der Waals surface area contributed by atoms with Crippen molar-refractivity contribution in [1.82, 2.24) is 19.7 Å². The first-order chi connectivity index (χ1) is 15.1. The standard InChI is InChI=1S/C25H29N5O/c1-5-31-25-13-17(2)30(29-25)24(18(3)22-10-8-12-26-19(22)4)16-27-21-14-20-9-6-7-11-23(20)28-15-21/h6-15,18,24,27H,5,16H2,1-4H3. The van der Waals surface area contributed by atoms with Gasteiger partial charge in [-0.15, -0.1) is 5.10 Å². The fraction of sp³-hybridized carbons (Fsp3) is 0.320. The zero-order chi connectivity index (χ0) is 21.8. The predicted octanol–water partition coefficient (Wildman–Crippen LogP) is 5.30. The van der Waals surface area contributed by atoms with Crippen LogP contribution in [0.25, 0.3) is 10.9 Å². The first-order valence-electron chi connectivity index (χ1n) is 10.8. The van der Waals surface area contributed by atoms with Crippen LogP contribution in [0.1, 0.15) is 42.8 Å². The number of hydrogen-bond acceptors (Lipinski definition) is 5. The van der Waals surface area contributed by atoms with Gasteiger partial charge in [0.25, 0.3) is 0 Å². The van der Waals surface area contributed by atoms with Gasteiger partial charge in [0, 0.05) is 41.5 Å². The summed E-state index contributed by atoms with van der Waals surface area (Å²) >= 11 is 0. The van der Waals surface area contributed by atoms with Crippen molar-refractivity contribution in [3.8, 4) is 5.88 Å². The van der Waals surface area contributed by atoms with Crippen LogP contribution in [0.4, 0.5) is 5.69 Å². The lowest BCUT2D eigenvalue weighted by Crippen LogP contribution is -2.26. The number of aromatic nitrogens is 4. The molecule has 6 heteroatoms. The SMILES string of the molecule is CCOc1cc(C)n(C(CNc2cnc3ccccc3c2)C(C)c2cccnc2C)n1.